The highest BCUT2D eigenvalue weighted by Gasteiger charge is 2.32. The average Bonchev–Trinajstić information content (AvgIpc) is 3.36. The third kappa shape index (κ3) is 3.88. The van der Waals surface area contributed by atoms with Crippen molar-refractivity contribution in [3.05, 3.63) is 77.5 Å². The number of aromatic nitrogens is 2. The lowest BCUT2D eigenvalue weighted by atomic mass is 9.80. The number of benzene rings is 1. The summed E-state index contributed by atoms with van der Waals surface area (Å²) in [5.74, 6) is 1.28. The maximum atomic E-state index is 13.4. The number of carbonyl (C=O) groups excluding carboxylic acids is 1. The molecule has 5 nitrogen and oxygen atoms in total. The molecule has 1 fully saturated rings. The third-order valence-electron chi connectivity index (χ3n) is 5.86. The molecule has 1 amide bonds. The molecule has 1 saturated carbocycles. The quantitative estimate of drug-likeness (QED) is 0.648. The predicted octanol–water partition coefficient (Wildman–Crippen LogP) is 4.69. The van der Waals surface area contributed by atoms with Gasteiger partial charge in [0.1, 0.15) is 5.76 Å². The molecule has 0 bridgehead atoms. The Labute approximate surface area is 166 Å². The summed E-state index contributed by atoms with van der Waals surface area (Å²) >= 11 is 0. The van der Waals surface area contributed by atoms with Gasteiger partial charge in [0.25, 0.3) is 5.91 Å². The van der Waals surface area contributed by atoms with E-state index in [1.165, 1.54) is 12.0 Å². The zero-order chi connectivity index (χ0) is 19.5. The van der Waals surface area contributed by atoms with Gasteiger partial charge >= 0.3 is 0 Å². The zero-order valence-electron chi connectivity index (χ0n) is 16.5. The number of furan rings is 1. The van der Waals surface area contributed by atoms with Crippen molar-refractivity contribution in [1.29, 1.82) is 0 Å². The molecular formula is C23H27N3O2. The maximum absolute atomic E-state index is 13.4. The molecule has 0 radical (unpaired) electrons. The fourth-order valence-corrected chi connectivity index (χ4v) is 4.22. The highest BCUT2D eigenvalue weighted by Crippen LogP contribution is 2.36. The fourth-order valence-electron chi connectivity index (χ4n) is 4.22. The Morgan fingerprint density at radius 1 is 1.21 bits per heavy atom. The van der Waals surface area contributed by atoms with Crippen molar-refractivity contribution in [2.45, 2.75) is 51.1 Å². The molecule has 1 aliphatic carbocycles. The summed E-state index contributed by atoms with van der Waals surface area (Å²) in [5.41, 5.74) is 2.85. The Bertz CT molecular complexity index is 895. The minimum atomic E-state index is -0.0150. The van der Waals surface area contributed by atoms with Crippen LogP contribution in [0.4, 0.5) is 0 Å². The molecule has 0 saturated heterocycles. The van der Waals surface area contributed by atoms with Crippen LogP contribution in [0.1, 0.15) is 59.1 Å². The van der Waals surface area contributed by atoms with Gasteiger partial charge in [-0.1, -0.05) is 36.8 Å². The van der Waals surface area contributed by atoms with Crippen molar-refractivity contribution in [1.82, 2.24) is 14.7 Å². The second kappa shape index (κ2) is 8.05. The molecule has 2 aromatic heterocycles. The largest absolute Gasteiger partial charge is 0.467 e. The standard InChI is InChI=1S/C23H27N3O2/c1-17-14-22(24-25(17)2)23(27)26(16-21-12-7-13-28-21)20-11-6-10-19(15-20)18-8-4-3-5-9-18/h3-5,7-9,12-14,19-20H,6,10-11,15-16H2,1-2H3. The lowest BCUT2D eigenvalue weighted by molar-refractivity contribution is 0.0576. The summed E-state index contributed by atoms with van der Waals surface area (Å²) in [6.45, 7) is 2.44. The number of hydrogen-bond acceptors (Lipinski definition) is 3. The van der Waals surface area contributed by atoms with Crippen LogP contribution in [0.3, 0.4) is 0 Å². The van der Waals surface area contributed by atoms with E-state index in [0.29, 0.717) is 18.2 Å². The molecule has 2 atom stereocenters. The summed E-state index contributed by atoms with van der Waals surface area (Å²) in [6, 6.07) is 16.5. The van der Waals surface area contributed by atoms with Gasteiger partial charge in [0, 0.05) is 18.8 Å². The van der Waals surface area contributed by atoms with Crippen molar-refractivity contribution in [3.8, 4) is 0 Å². The van der Waals surface area contributed by atoms with E-state index >= 15 is 0 Å². The van der Waals surface area contributed by atoms with E-state index in [2.05, 4.69) is 35.4 Å². The summed E-state index contributed by atoms with van der Waals surface area (Å²) in [4.78, 5) is 15.4. The van der Waals surface area contributed by atoms with Crippen molar-refractivity contribution in [3.63, 3.8) is 0 Å². The minimum Gasteiger partial charge on any atom is -0.467 e. The molecular weight excluding hydrogens is 350 g/mol. The summed E-state index contributed by atoms with van der Waals surface area (Å²) in [6.07, 6.45) is 5.94. The molecule has 28 heavy (non-hydrogen) atoms. The van der Waals surface area contributed by atoms with Crippen molar-refractivity contribution in [2.75, 3.05) is 0 Å². The van der Waals surface area contributed by atoms with Crippen LogP contribution in [-0.4, -0.2) is 26.6 Å². The van der Waals surface area contributed by atoms with Crippen molar-refractivity contribution < 1.29 is 9.21 Å². The van der Waals surface area contributed by atoms with Gasteiger partial charge < -0.3 is 9.32 Å². The number of carbonyl (C=O) groups is 1. The molecule has 2 heterocycles. The van der Waals surface area contributed by atoms with Crippen molar-refractivity contribution >= 4 is 5.91 Å². The average molecular weight is 377 g/mol. The molecule has 0 N–H and O–H groups in total. The van der Waals surface area contributed by atoms with Crippen LogP contribution in [0, 0.1) is 6.92 Å². The Kier molecular flexibility index (Phi) is 5.33. The van der Waals surface area contributed by atoms with E-state index < -0.39 is 0 Å². The van der Waals surface area contributed by atoms with Crippen LogP contribution in [0.2, 0.25) is 0 Å². The first-order chi connectivity index (χ1) is 13.6. The Hall–Kier alpha value is -2.82. The first-order valence-corrected chi connectivity index (χ1v) is 10.0. The fraction of sp³-hybridized carbons (Fsp3) is 0.391. The third-order valence-corrected chi connectivity index (χ3v) is 5.86. The van der Waals surface area contributed by atoms with E-state index in [0.717, 1.165) is 30.7 Å². The summed E-state index contributed by atoms with van der Waals surface area (Å²) < 4.78 is 7.32. The lowest BCUT2D eigenvalue weighted by Crippen LogP contribution is -2.42. The molecule has 1 aromatic carbocycles. The van der Waals surface area contributed by atoms with E-state index in [1.807, 2.05) is 37.1 Å². The minimum absolute atomic E-state index is 0.0150. The van der Waals surface area contributed by atoms with Crippen LogP contribution < -0.4 is 0 Å². The van der Waals surface area contributed by atoms with Gasteiger partial charge in [-0.25, -0.2) is 0 Å². The first-order valence-electron chi connectivity index (χ1n) is 10.0. The lowest BCUT2D eigenvalue weighted by Gasteiger charge is -2.37. The van der Waals surface area contributed by atoms with Crippen LogP contribution >= 0.6 is 0 Å². The predicted molar refractivity (Wildman–Crippen MR) is 108 cm³/mol. The van der Waals surface area contributed by atoms with Gasteiger partial charge in [0.05, 0.1) is 12.8 Å². The number of aryl methyl sites for hydroxylation is 2. The number of hydrogen-bond donors (Lipinski definition) is 0. The van der Waals surface area contributed by atoms with E-state index in [9.17, 15) is 4.79 Å². The highest BCUT2D eigenvalue weighted by atomic mass is 16.3. The Balaban J connectivity index is 1.60. The Morgan fingerprint density at radius 2 is 2.04 bits per heavy atom. The highest BCUT2D eigenvalue weighted by molar-refractivity contribution is 5.92. The topological polar surface area (TPSA) is 51.3 Å². The van der Waals surface area contributed by atoms with Gasteiger partial charge in [-0.05, 0) is 55.9 Å². The summed E-state index contributed by atoms with van der Waals surface area (Å²) in [7, 11) is 1.87. The van der Waals surface area contributed by atoms with Gasteiger partial charge in [0.2, 0.25) is 0 Å². The van der Waals surface area contributed by atoms with Gasteiger partial charge in [-0.3, -0.25) is 9.48 Å². The van der Waals surface area contributed by atoms with Crippen LogP contribution in [0.5, 0.6) is 0 Å². The van der Waals surface area contributed by atoms with Crippen LogP contribution in [0.15, 0.2) is 59.2 Å². The maximum Gasteiger partial charge on any atom is 0.275 e. The van der Waals surface area contributed by atoms with Crippen LogP contribution in [-0.2, 0) is 13.6 Å². The van der Waals surface area contributed by atoms with Crippen LogP contribution in [0.25, 0.3) is 0 Å². The summed E-state index contributed by atoms with van der Waals surface area (Å²) in [5, 5.41) is 4.43. The normalized spacial score (nSPS) is 19.5. The number of nitrogens with zero attached hydrogens (tertiary/aromatic N) is 3. The molecule has 2 unspecified atom stereocenters. The molecule has 5 heteroatoms. The molecule has 0 spiro atoms. The van der Waals surface area contributed by atoms with E-state index in [-0.39, 0.29) is 11.9 Å². The Morgan fingerprint density at radius 3 is 2.71 bits per heavy atom. The molecule has 146 valence electrons. The smallest absolute Gasteiger partial charge is 0.275 e. The molecule has 1 aliphatic rings. The second-order valence-corrected chi connectivity index (χ2v) is 7.74. The van der Waals surface area contributed by atoms with E-state index in [4.69, 9.17) is 4.42 Å². The van der Waals surface area contributed by atoms with Gasteiger partial charge in [0.15, 0.2) is 5.69 Å². The monoisotopic (exact) mass is 377 g/mol. The number of amides is 1. The van der Waals surface area contributed by atoms with Crippen molar-refractivity contribution in [2.24, 2.45) is 7.05 Å². The molecule has 3 aromatic rings. The first kappa shape index (κ1) is 18.5. The molecule has 4 rings (SSSR count). The number of rotatable bonds is 5. The zero-order valence-corrected chi connectivity index (χ0v) is 16.5. The molecule has 0 aliphatic heterocycles. The van der Waals surface area contributed by atoms with Gasteiger partial charge in [-0.2, -0.15) is 5.10 Å². The SMILES string of the molecule is Cc1cc(C(=O)N(Cc2ccco2)C2CCCC(c3ccccc3)C2)nn1C. The van der Waals surface area contributed by atoms with Gasteiger partial charge in [-0.15, -0.1) is 0 Å². The second-order valence-electron chi connectivity index (χ2n) is 7.74. The van der Waals surface area contributed by atoms with E-state index in [1.54, 1.807) is 10.9 Å².